The molecule has 3 aliphatic rings. The fourth-order valence-electron chi connectivity index (χ4n) is 6.19. The minimum absolute atomic E-state index is 0.0907. The first-order valence-corrected chi connectivity index (χ1v) is 16.7. The van der Waals surface area contributed by atoms with Crippen LogP contribution in [-0.4, -0.2) is 44.2 Å². The summed E-state index contributed by atoms with van der Waals surface area (Å²) in [5, 5.41) is 7.51. The van der Waals surface area contributed by atoms with Gasteiger partial charge < -0.3 is 20.1 Å². The average molecular weight is 726 g/mol. The fourth-order valence-corrected chi connectivity index (χ4v) is 6.65. The molecule has 0 unspecified atom stereocenters. The number of nitrogens with zero attached hydrogens (tertiary/aromatic N) is 2. The largest absolute Gasteiger partial charge is 0.418 e. The van der Waals surface area contributed by atoms with Crippen LogP contribution in [0.15, 0.2) is 113 Å². The third kappa shape index (κ3) is 7.16. The second-order valence-electron chi connectivity index (χ2n) is 12.2. The molecule has 0 radical (unpaired) electrons. The van der Waals surface area contributed by atoms with Crippen molar-refractivity contribution in [3.8, 4) is 0 Å². The molecular formula is C38H34Cl2F4N4O2. The zero-order valence-electron chi connectivity index (χ0n) is 27.3. The van der Waals surface area contributed by atoms with E-state index in [-0.39, 0.29) is 28.8 Å². The predicted molar refractivity (Wildman–Crippen MR) is 190 cm³/mol. The molecule has 0 spiro atoms. The number of anilines is 1. The van der Waals surface area contributed by atoms with Gasteiger partial charge in [-0.3, -0.25) is 9.98 Å². The van der Waals surface area contributed by atoms with Crippen molar-refractivity contribution in [3.63, 3.8) is 0 Å². The molecule has 50 heavy (non-hydrogen) atoms. The van der Waals surface area contributed by atoms with E-state index in [1.54, 1.807) is 31.4 Å². The topological polar surface area (TPSA) is 67.8 Å². The van der Waals surface area contributed by atoms with Gasteiger partial charge in [-0.15, -0.1) is 0 Å². The molecule has 0 bridgehead atoms. The van der Waals surface area contributed by atoms with Crippen LogP contribution in [0, 0.1) is 5.82 Å². The highest BCUT2D eigenvalue weighted by Gasteiger charge is 2.48. The molecule has 3 heterocycles. The van der Waals surface area contributed by atoms with Crippen molar-refractivity contribution >= 4 is 45.5 Å². The van der Waals surface area contributed by atoms with Crippen LogP contribution in [0.5, 0.6) is 0 Å². The molecule has 12 heteroatoms. The van der Waals surface area contributed by atoms with Gasteiger partial charge in [0.15, 0.2) is 0 Å². The summed E-state index contributed by atoms with van der Waals surface area (Å²) in [6.07, 6.45) is 5.70. The van der Waals surface area contributed by atoms with Crippen molar-refractivity contribution in [3.05, 3.63) is 141 Å². The number of rotatable bonds is 7. The fraction of sp³-hybridized carbons (Fsp3) is 0.263. The van der Waals surface area contributed by atoms with E-state index in [1.807, 2.05) is 61.6 Å². The van der Waals surface area contributed by atoms with Crippen LogP contribution in [0.25, 0.3) is 10.9 Å². The molecule has 2 fully saturated rings. The second kappa shape index (κ2) is 14.6. The highest BCUT2D eigenvalue weighted by Crippen LogP contribution is 2.44. The molecule has 260 valence electrons. The number of pyridine rings is 1. The van der Waals surface area contributed by atoms with Gasteiger partial charge in [-0.2, -0.15) is 13.2 Å². The number of hydrogen-bond donors (Lipinski definition) is 2. The highest BCUT2D eigenvalue weighted by molar-refractivity contribution is 6.31. The maximum atomic E-state index is 14.4. The van der Waals surface area contributed by atoms with E-state index < -0.39 is 28.6 Å². The summed E-state index contributed by atoms with van der Waals surface area (Å²) in [6, 6.07) is 19.1. The Morgan fingerprint density at radius 1 is 0.880 bits per heavy atom. The maximum Gasteiger partial charge on any atom is 0.418 e. The molecule has 4 aromatic rings. The number of fused-ring (bicyclic) bond motifs is 1. The van der Waals surface area contributed by atoms with Crippen molar-refractivity contribution in [2.75, 3.05) is 38.8 Å². The smallest absolute Gasteiger partial charge is 0.376 e. The Morgan fingerprint density at radius 2 is 1.56 bits per heavy atom. The quantitative estimate of drug-likeness (QED) is 0.186. The lowest BCUT2D eigenvalue weighted by molar-refractivity contribution is -0.142. The molecule has 0 saturated carbocycles. The van der Waals surface area contributed by atoms with Crippen molar-refractivity contribution < 1.29 is 27.0 Å². The summed E-state index contributed by atoms with van der Waals surface area (Å²) in [5.74, 6) is -0.399. The van der Waals surface area contributed by atoms with Gasteiger partial charge in [-0.25, -0.2) is 4.39 Å². The van der Waals surface area contributed by atoms with E-state index in [2.05, 4.69) is 20.6 Å². The minimum Gasteiger partial charge on any atom is -0.376 e. The molecule has 0 atom stereocenters. The number of benzene rings is 3. The normalized spacial score (nSPS) is 19.2. The Labute approximate surface area is 297 Å². The van der Waals surface area contributed by atoms with E-state index in [1.165, 1.54) is 18.2 Å². The molecule has 7 rings (SSSR count). The predicted octanol–water partition coefficient (Wildman–Crippen LogP) is 9.40. The van der Waals surface area contributed by atoms with E-state index in [9.17, 15) is 17.6 Å². The van der Waals surface area contributed by atoms with Crippen LogP contribution >= 0.6 is 23.2 Å². The van der Waals surface area contributed by atoms with Crippen LogP contribution in [0.1, 0.15) is 30.0 Å². The standard InChI is InChI=1S/C20H20ClF3N2O.C18H14ClFN2O/c1-3-5-13-8-9-14(10-17(13)25-2)26-19(11-27-12-19)15-6-4-7-16(21)18(15)20(22,23)24;19-15-5-1-4-14(17(15)20)18(10-23-11-18)22-13-7-6-12-3-2-8-21-16(12)9-13/h4-10,26H,3,11-12H2,1-2H3;1-9,22H,10-11H2/b13-5-,25-17?;. The minimum atomic E-state index is -4.55. The number of allylic oxidation sites excluding steroid dienone is 5. The zero-order valence-corrected chi connectivity index (χ0v) is 28.8. The molecule has 2 saturated heterocycles. The van der Waals surface area contributed by atoms with Crippen molar-refractivity contribution in [2.45, 2.75) is 30.6 Å². The molecule has 0 amide bonds. The van der Waals surface area contributed by atoms with Gasteiger partial charge >= 0.3 is 6.18 Å². The molecular weight excluding hydrogens is 691 g/mol. The molecule has 3 aromatic carbocycles. The number of aromatic nitrogens is 1. The molecule has 6 nitrogen and oxygen atoms in total. The third-order valence-corrected chi connectivity index (χ3v) is 9.35. The van der Waals surface area contributed by atoms with Gasteiger partial charge in [-0.05, 0) is 60.0 Å². The van der Waals surface area contributed by atoms with Crippen molar-refractivity contribution in [1.29, 1.82) is 0 Å². The van der Waals surface area contributed by atoms with Gasteiger partial charge in [0, 0.05) is 35.6 Å². The van der Waals surface area contributed by atoms with Gasteiger partial charge in [0.1, 0.15) is 16.9 Å². The van der Waals surface area contributed by atoms with Crippen molar-refractivity contribution in [1.82, 2.24) is 10.3 Å². The van der Waals surface area contributed by atoms with E-state index in [4.69, 9.17) is 32.7 Å². The first-order valence-electron chi connectivity index (χ1n) is 15.9. The van der Waals surface area contributed by atoms with Crippen LogP contribution in [0.2, 0.25) is 10.0 Å². The number of hydrogen-bond acceptors (Lipinski definition) is 6. The number of ether oxygens (including phenoxy) is 2. The number of halogens is 6. The Balaban J connectivity index is 0.000000175. The molecule has 2 N–H and O–H groups in total. The van der Waals surface area contributed by atoms with Crippen LogP contribution in [0.4, 0.5) is 23.2 Å². The third-order valence-electron chi connectivity index (χ3n) is 8.74. The van der Waals surface area contributed by atoms with Gasteiger partial charge in [0.25, 0.3) is 0 Å². The maximum absolute atomic E-state index is 14.4. The van der Waals surface area contributed by atoms with Crippen molar-refractivity contribution in [2.24, 2.45) is 4.99 Å². The van der Waals surface area contributed by atoms with E-state index in [0.29, 0.717) is 24.5 Å². The summed E-state index contributed by atoms with van der Waals surface area (Å²) in [5.41, 5.74) is 2.42. The molecule has 1 aromatic heterocycles. The SMILES string of the molecule is CC/C=C1/C=CC(NC2(c3cccc(Cl)c3C(F)(F)F)COC2)=CC1=NC.Fc1c(Cl)cccc1C1(Nc2ccc3cccnc3c2)COC1. The first kappa shape index (κ1) is 35.6. The Kier molecular flexibility index (Phi) is 10.4. The van der Waals surface area contributed by atoms with Gasteiger partial charge in [0.2, 0.25) is 0 Å². The number of nitrogens with one attached hydrogen (secondary N) is 2. The monoisotopic (exact) mass is 724 g/mol. The summed E-state index contributed by atoms with van der Waals surface area (Å²) in [4.78, 5) is 8.62. The van der Waals surface area contributed by atoms with Crippen LogP contribution in [0.3, 0.4) is 0 Å². The molecule has 2 aliphatic heterocycles. The lowest BCUT2D eigenvalue weighted by Gasteiger charge is -2.45. The summed E-state index contributed by atoms with van der Waals surface area (Å²) in [6.45, 7) is 3.06. The van der Waals surface area contributed by atoms with E-state index in [0.717, 1.165) is 34.3 Å². The van der Waals surface area contributed by atoms with Gasteiger partial charge in [-0.1, -0.05) is 78.7 Å². The first-order chi connectivity index (χ1) is 24.0. The van der Waals surface area contributed by atoms with E-state index >= 15 is 0 Å². The number of aliphatic imine (C=N–C) groups is 1. The van der Waals surface area contributed by atoms with Crippen LogP contribution < -0.4 is 10.6 Å². The van der Waals surface area contributed by atoms with Crippen LogP contribution in [-0.2, 0) is 26.7 Å². The lowest BCUT2D eigenvalue weighted by atomic mass is 9.83. The molecule has 1 aliphatic carbocycles. The zero-order chi connectivity index (χ0) is 35.5. The number of alkyl halides is 3. The summed E-state index contributed by atoms with van der Waals surface area (Å²) in [7, 11) is 1.69. The summed E-state index contributed by atoms with van der Waals surface area (Å²) < 4.78 is 66.0. The summed E-state index contributed by atoms with van der Waals surface area (Å²) >= 11 is 11.8. The highest BCUT2D eigenvalue weighted by atomic mass is 35.5. The Bertz CT molecular complexity index is 2020. The Hall–Kier alpha value is -4.22. The Morgan fingerprint density at radius 3 is 2.20 bits per heavy atom. The second-order valence-corrected chi connectivity index (χ2v) is 13.0. The average Bonchev–Trinajstić information content (AvgIpc) is 3.06. The lowest BCUT2D eigenvalue weighted by Crippen LogP contribution is -2.57. The van der Waals surface area contributed by atoms with Gasteiger partial charge in [0.05, 0.1) is 53.3 Å².